The molecule has 5 nitrogen and oxygen atoms in total. The van der Waals surface area contributed by atoms with Crippen molar-refractivity contribution in [3.05, 3.63) is 0 Å². The van der Waals surface area contributed by atoms with E-state index in [1.165, 1.54) is 0 Å². The van der Waals surface area contributed by atoms with Crippen molar-refractivity contribution < 1.29 is 4.21 Å². The van der Waals surface area contributed by atoms with Gasteiger partial charge in [-0.15, -0.1) is 0 Å². The third kappa shape index (κ3) is 8.38. The maximum absolute atomic E-state index is 11.0. The van der Waals surface area contributed by atoms with E-state index < -0.39 is 10.8 Å². The molecule has 0 saturated carbocycles. The van der Waals surface area contributed by atoms with Crippen LogP contribution < -0.4 is 16.6 Å². The predicted octanol–water partition coefficient (Wildman–Crippen LogP) is -0.182. The molecule has 0 aliphatic carbocycles. The zero-order valence-electron chi connectivity index (χ0n) is 9.91. The van der Waals surface area contributed by atoms with Gasteiger partial charge in [0.2, 0.25) is 5.96 Å². The molecule has 2 unspecified atom stereocenters. The Hall–Kier alpha value is -0.620. The normalized spacial score (nSPS) is 16.3. The van der Waals surface area contributed by atoms with Crippen LogP contribution >= 0.6 is 0 Å². The largest absolute Gasteiger partial charge is 0.352 e. The van der Waals surface area contributed by atoms with Crippen molar-refractivity contribution in [3.8, 4) is 0 Å². The molecule has 0 rings (SSSR count). The van der Waals surface area contributed by atoms with Gasteiger partial charge in [0.15, 0.2) is 0 Å². The third-order valence-corrected chi connectivity index (χ3v) is 2.59. The van der Waals surface area contributed by atoms with Crippen molar-refractivity contribution >= 4 is 16.8 Å². The Kier molecular flexibility index (Phi) is 7.33. The summed E-state index contributed by atoms with van der Waals surface area (Å²) in [6.07, 6.45) is 1.68. The second-order valence-electron chi connectivity index (χ2n) is 4.01. The van der Waals surface area contributed by atoms with Crippen LogP contribution in [-0.2, 0) is 10.8 Å². The zero-order chi connectivity index (χ0) is 11.8. The van der Waals surface area contributed by atoms with E-state index in [1.54, 1.807) is 6.26 Å². The summed E-state index contributed by atoms with van der Waals surface area (Å²) in [5, 5.41) is 3.07. The Bertz CT molecular complexity index is 230. The lowest BCUT2D eigenvalue weighted by atomic mass is 10.2. The number of rotatable bonds is 5. The van der Waals surface area contributed by atoms with Crippen LogP contribution in [0.2, 0.25) is 0 Å². The van der Waals surface area contributed by atoms with Crippen molar-refractivity contribution in [2.45, 2.75) is 26.8 Å². The second kappa shape index (κ2) is 7.64. The molecule has 0 aliphatic rings. The van der Waals surface area contributed by atoms with Crippen molar-refractivity contribution in [2.24, 2.45) is 16.8 Å². The van der Waals surface area contributed by atoms with Gasteiger partial charge < -0.3 is 5.32 Å². The fraction of sp³-hybridized carbons (Fsp3) is 0.889. The van der Waals surface area contributed by atoms with E-state index in [0.717, 1.165) is 0 Å². The Balaban J connectivity index is 4.08. The van der Waals surface area contributed by atoms with Crippen molar-refractivity contribution in [1.82, 2.24) is 10.7 Å². The number of guanidine groups is 1. The Labute approximate surface area is 94.3 Å². The molecule has 15 heavy (non-hydrogen) atoms. The van der Waals surface area contributed by atoms with Gasteiger partial charge in [0.05, 0.1) is 0 Å². The van der Waals surface area contributed by atoms with Crippen LogP contribution in [0.15, 0.2) is 4.99 Å². The monoisotopic (exact) mass is 234 g/mol. The SMILES string of the molecule is CC(C)CN=C(NN)NC(C)CS(C)=O. The summed E-state index contributed by atoms with van der Waals surface area (Å²) >= 11 is 0. The van der Waals surface area contributed by atoms with Gasteiger partial charge in [-0.25, -0.2) is 5.84 Å². The fourth-order valence-electron chi connectivity index (χ4n) is 1.03. The number of hydrogen-bond donors (Lipinski definition) is 3. The molecule has 0 aromatic rings. The third-order valence-electron chi connectivity index (χ3n) is 1.62. The maximum atomic E-state index is 11.0. The highest BCUT2D eigenvalue weighted by Gasteiger charge is 2.06. The summed E-state index contributed by atoms with van der Waals surface area (Å²) in [5.74, 6) is 6.95. The van der Waals surface area contributed by atoms with Crippen molar-refractivity contribution in [3.63, 3.8) is 0 Å². The van der Waals surface area contributed by atoms with E-state index >= 15 is 0 Å². The average molecular weight is 234 g/mol. The van der Waals surface area contributed by atoms with Gasteiger partial charge in [0.1, 0.15) is 0 Å². The van der Waals surface area contributed by atoms with Crippen molar-refractivity contribution in [2.75, 3.05) is 18.6 Å². The first-order valence-corrected chi connectivity index (χ1v) is 6.76. The molecule has 0 aromatic carbocycles. The molecular weight excluding hydrogens is 212 g/mol. The number of nitrogens with one attached hydrogen (secondary N) is 2. The van der Waals surface area contributed by atoms with Crippen LogP contribution in [0.1, 0.15) is 20.8 Å². The van der Waals surface area contributed by atoms with Gasteiger partial charge in [-0.3, -0.25) is 14.6 Å². The molecule has 0 saturated heterocycles. The fourth-order valence-corrected chi connectivity index (χ4v) is 1.82. The minimum atomic E-state index is -0.813. The molecule has 0 heterocycles. The lowest BCUT2D eigenvalue weighted by Crippen LogP contribution is -2.47. The van der Waals surface area contributed by atoms with Gasteiger partial charge in [-0.1, -0.05) is 13.8 Å². The quantitative estimate of drug-likeness (QED) is 0.267. The topological polar surface area (TPSA) is 79.5 Å². The highest BCUT2D eigenvalue weighted by molar-refractivity contribution is 7.84. The van der Waals surface area contributed by atoms with E-state index in [2.05, 4.69) is 29.6 Å². The van der Waals surface area contributed by atoms with Gasteiger partial charge in [0, 0.05) is 35.4 Å². The van der Waals surface area contributed by atoms with Crippen LogP contribution in [0.25, 0.3) is 0 Å². The molecule has 0 fully saturated rings. The highest BCUT2D eigenvalue weighted by atomic mass is 32.2. The zero-order valence-corrected chi connectivity index (χ0v) is 10.7. The smallest absolute Gasteiger partial charge is 0.205 e. The summed E-state index contributed by atoms with van der Waals surface area (Å²) in [6, 6.07) is 0.0952. The number of hydrogen-bond acceptors (Lipinski definition) is 3. The Morgan fingerprint density at radius 2 is 2.07 bits per heavy atom. The molecule has 0 amide bonds. The minimum Gasteiger partial charge on any atom is -0.352 e. The summed E-state index contributed by atoms with van der Waals surface area (Å²) in [5.41, 5.74) is 2.50. The molecule has 0 spiro atoms. The highest BCUT2D eigenvalue weighted by Crippen LogP contribution is 1.92. The first-order chi connectivity index (χ1) is 6.95. The van der Waals surface area contributed by atoms with E-state index in [-0.39, 0.29) is 6.04 Å². The molecule has 4 N–H and O–H groups in total. The summed E-state index contributed by atoms with van der Waals surface area (Å²) in [4.78, 5) is 4.26. The molecule has 90 valence electrons. The number of nitrogens with two attached hydrogens (primary N) is 1. The van der Waals surface area contributed by atoms with Gasteiger partial charge in [-0.2, -0.15) is 0 Å². The number of hydrazine groups is 1. The molecule has 6 heteroatoms. The molecular formula is C9H22N4OS. The van der Waals surface area contributed by atoms with E-state index in [4.69, 9.17) is 5.84 Å². The molecule has 0 bridgehead atoms. The molecule has 0 radical (unpaired) electrons. The minimum absolute atomic E-state index is 0.0952. The Morgan fingerprint density at radius 1 is 1.47 bits per heavy atom. The number of nitrogens with zero attached hydrogens (tertiary/aromatic N) is 1. The summed E-state index contributed by atoms with van der Waals surface area (Å²) < 4.78 is 11.0. The number of aliphatic imine (C=N–C) groups is 1. The van der Waals surface area contributed by atoms with Crippen LogP contribution in [0.4, 0.5) is 0 Å². The van der Waals surface area contributed by atoms with Crippen LogP contribution in [0.3, 0.4) is 0 Å². The molecule has 2 atom stereocenters. The van der Waals surface area contributed by atoms with Crippen LogP contribution in [-0.4, -0.2) is 34.8 Å². The average Bonchev–Trinajstić information content (AvgIpc) is 2.10. The van der Waals surface area contributed by atoms with Gasteiger partial charge >= 0.3 is 0 Å². The maximum Gasteiger partial charge on any atom is 0.205 e. The molecule has 0 aliphatic heterocycles. The molecule has 0 aromatic heterocycles. The Morgan fingerprint density at radius 3 is 2.47 bits per heavy atom. The lowest BCUT2D eigenvalue weighted by molar-refractivity contribution is 0.643. The van der Waals surface area contributed by atoms with E-state index in [1.807, 2.05) is 6.92 Å². The predicted molar refractivity (Wildman–Crippen MR) is 66.0 cm³/mol. The van der Waals surface area contributed by atoms with Crippen LogP contribution in [0.5, 0.6) is 0 Å². The van der Waals surface area contributed by atoms with E-state index in [0.29, 0.717) is 24.2 Å². The van der Waals surface area contributed by atoms with Crippen molar-refractivity contribution in [1.29, 1.82) is 0 Å². The first kappa shape index (κ1) is 14.4. The lowest BCUT2D eigenvalue weighted by Gasteiger charge is -2.15. The van der Waals surface area contributed by atoms with Gasteiger partial charge in [0.25, 0.3) is 0 Å². The van der Waals surface area contributed by atoms with Crippen LogP contribution in [0, 0.1) is 5.92 Å². The van der Waals surface area contributed by atoms with Gasteiger partial charge in [-0.05, 0) is 12.8 Å². The summed E-state index contributed by atoms with van der Waals surface area (Å²) in [6.45, 7) is 6.84. The first-order valence-electron chi connectivity index (χ1n) is 5.03. The second-order valence-corrected chi connectivity index (χ2v) is 5.49. The van der Waals surface area contributed by atoms with E-state index in [9.17, 15) is 4.21 Å². The summed E-state index contributed by atoms with van der Waals surface area (Å²) in [7, 11) is -0.813. The standard InChI is InChI=1S/C9H22N4OS/c1-7(2)5-11-9(13-10)12-8(3)6-15(4)14/h7-8H,5-6,10H2,1-4H3,(H2,11,12,13).